The molecule has 1 aromatic rings. The Morgan fingerprint density at radius 3 is 1.40 bits per heavy atom. The summed E-state index contributed by atoms with van der Waals surface area (Å²) in [6.45, 7) is 16.6. The first-order valence-electron chi connectivity index (χ1n) is 11.5. The van der Waals surface area contributed by atoms with Gasteiger partial charge in [0.1, 0.15) is 12.2 Å². The molecular weight excluding hydrogens is 376 g/mol. The lowest BCUT2D eigenvalue weighted by atomic mass is 9.82. The first-order valence-corrected chi connectivity index (χ1v) is 11.5. The topological polar surface area (TPSA) is 52.6 Å². The van der Waals surface area contributed by atoms with Gasteiger partial charge in [0.2, 0.25) is 0 Å². The molecule has 0 fully saturated rings. The Bertz CT molecular complexity index is 631. The molecule has 0 aromatic heterocycles. The van der Waals surface area contributed by atoms with Gasteiger partial charge in [-0.2, -0.15) is 0 Å². The largest absolute Gasteiger partial charge is 0.458 e. The van der Waals surface area contributed by atoms with Gasteiger partial charge in [0, 0.05) is 10.8 Å². The molecule has 0 heterocycles. The van der Waals surface area contributed by atoms with Crippen LogP contribution in [0, 0.1) is 10.8 Å². The highest BCUT2D eigenvalue weighted by atomic mass is 16.6. The Balaban J connectivity index is 2.93. The predicted molar refractivity (Wildman–Crippen MR) is 123 cm³/mol. The third-order valence-electron chi connectivity index (χ3n) is 6.48. The van der Waals surface area contributed by atoms with E-state index in [-0.39, 0.29) is 34.2 Å². The van der Waals surface area contributed by atoms with Crippen LogP contribution in [0.3, 0.4) is 0 Å². The van der Waals surface area contributed by atoms with Crippen molar-refractivity contribution in [3.05, 3.63) is 35.4 Å². The third-order valence-corrected chi connectivity index (χ3v) is 6.48. The third kappa shape index (κ3) is 7.45. The van der Waals surface area contributed by atoms with E-state index in [0.717, 1.165) is 38.5 Å². The number of benzene rings is 1. The van der Waals surface area contributed by atoms with Gasteiger partial charge in [0.25, 0.3) is 0 Å². The minimum Gasteiger partial charge on any atom is -0.458 e. The van der Waals surface area contributed by atoms with E-state index in [1.807, 2.05) is 13.8 Å². The molecule has 0 bridgehead atoms. The maximum absolute atomic E-state index is 12.9. The van der Waals surface area contributed by atoms with Gasteiger partial charge in [-0.05, 0) is 38.8 Å². The van der Waals surface area contributed by atoms with Crippen LogP contribution in [0.4, 0.5) is 0 Å². The van der Waals surface area contributed by atoms with Crippen molar-refractivity contribution in [1.29, 1.82) is 0 Å². The zero-order valence-corrected chi connectivity index (χ0v) is 20.3. The lowest BCUT2D eigenvalue weighted by molar-refractivity contribution is -0.00700. The van der Waals surface area contributed by atoms with Crippen LogP contribution in [-0.4, -0.2) is 24.1 Å². The number of unbranched alkanes of at least 4 members (excludes halogenated alkanes) is 2. The summed E-state index contributed by atoms with van der Waals surface area (Å²) in [6.07, 6.45) is 5.82. The predicted octanol–water partition coefficient (Wildman–Crippen LogP) is 7.21. The number of carbonyl (C=O) groups is 2. The van der Waals surface area contributed by atoms with Crippen molar-refractivity contribution in [2.75, 3.05) is 0 Å². The molecule has 2 atom stereocenters. The molecule has 0 spiro atoms. The molecule has 170 valence electrons. The Morgan fingerprint density at radius 1 is 0.767 bits per heavy atom. The second-order valence-electron chi connectivity index (χ2n) is 9.82. The maximum atomic E-state index is 12.9. The van der Waals surface area contributed by atoms with Crippen LogP contribution in [-0.2, 0) is 9.47 Å². The zero-order valence-electron chi connectivity index (χ0n) is 20.3. The molecule has 0 aliphatic heterocycles. The highest BCUT2D eigenvalue weighted by Gasteiger charge is 2.32. The standard InChI is InChI=1S/C26H42O4/c1-9-11-17-25(5,6)19(3)29-23(27)21-15-13-14-16-22(21)24(28)30-20(4)26(7,8)18-12-10-2/h13-16,19-20H,9-12,17-18H2,1-8H3. The van der Waals surface area contributed by atoms with Crippen molar-refractivity contribution >= 4 is 11.9 Å². The highest BCUT2D eigenvalue weighted by molar-refractivity contribution is 6.03. The number of hydrogen-bond acceptors (Lipinski definition) is 4. The van der Waals surface area contributed by atoms with Crippen LogP contribution in [0.2, 0.25) is 0 Å². The van der Waals surface area contributed by atoms with Gasteiger partial charge < -0.3 is 9.47 Å². The zero-order chi connectivity index (χ0) is 22.9. The van der Waals surface area contributed by atoms with E-state index in [9.17, 15) is 9.59 Å². The molecule has 4 nitrogen and oxygen atoms in total. The molecule has 0 aliphatic carbocycles. The lowest BCUT2D eigenvalue weighted by Crippen LogP contribution is -2.33. The molecule has 30 heavy (non-hydrogen) atoms. The van der Waals surface area contributed by atoms with Crippen molar-refractivity contribution in [1.82, 2.24) is 0 Å². The quantitative estimate of drug-likeness (QED) is 0.336. The van der Waals surface area contributed by atoms with Gasteiger partial charge in [-0.3, -0.25) is 0 Å². The first-order chi connectivity index (χ1) is 14.0. The van der Waals surface area contributed by atoms with Crippen LogP contribution in [0.5, 0.6) is 0 Å². The summed E-state index contributed by atoms with van der Waals surface area (Å²) in [5.74, 6) is -0.949. The molecule has 0 saturated carbocycles. The molecule has 0 aliphatic rings. The summed E-state index contributed by atoms with van der Waals surface area (Å²) in [6, 6.07) is 6.76. The number of carbonyl (C=O) groups excluding carboxylic acids is 2. The fourth-order valence-electron chi connectivity index (χ4n) is 3.28. The number of rotatable bonds is 12. The minimum absolute atomic E-state index is 0.126. The van der Waals surface area contributed by atoms with Gasteiger partial charge in [-0.15, -0.1) is 0 Å². The maximum Gasteiger partial charge on any atom is 0.339 e. The Hall–Kier alpha value is -1.84. The minimum atomic E-state index is -0.475. The summed E-state index contributed by atoms with van der Waals surface area (Å²) in [7, 11) is 0. The van der Waals surface area contributed by atoms with Crippen LogP contribution in [0.1, 0.15) is 115 Å². The summed E-state index contributed by atoms with van der Waals surface area (Å²) >= 11 is 0. The van der Waals surface area contributed by atoms with Crippen LogP contribution in [0.25, 0.3) is 0 Å². The molecule has 0 amide bonds. The second kappa shape index (κ2) is 11.5. The monoisotopic (exact) mass is 418 g/mol. The van der Waals surface area contributed by atoms with Crippen molar-refractivity contribution in [2.24, 2.45) is 10.8 Å². The fraction of sp³-hybridized carbons (Fsp3) is 0.692. The first kappa shape index (κ1) is 26.2. The van der Waals surface area contributed by atoms with Crippen molar-refractivity contribution in [2.45, 2.75) is 106 Å². The number of esters is 2. The van der Waals surface area contributed by atoms with Crippen LogP contribution < -0.4 is 0 Å². The second-order valence-corrected chi connectivity index (χ2v) is 9.82. The normalized spacial score (nSPS) is 14.1. The molecule has 0 N–H and O–H groups in total. The highest BCUT2D eigenvalue weighted by Crippen LogP contribution is 2.32. The molecule has 0 saturated heterocycles. The Morgan fingerprint density at radius 2 is 1.10 bits per heavy atom. The van der Waals surface area contributed by atoms with Crippen molar-refractivity contribution < 1.29 is 19.1 Å². The van der Waals surface area contributed by atoms with Gasteiger partial charge in [-0.25, -0.2) is 9.59 Å². The van der Waals surface area contributed by atoms with E-state index in [1.165, 1.54) is 0 Å². The van der Waals surface area contributed by atoms with Crippen molar-refractivity contribution in [3.63, 3.8) is 0 Å². The SMILES string of the molecule is CCCCC(C)(C)C(C)OC(=O)c1ccccc1C(=O)OC(C)C(C)(C)CCCC. The van der Waals surface area contributed by atoms with Gasteiger partial charge in [0.15, 0.2) is 0 Å². The number of ether oxygens (including phenoxy) is 2. The van der Waals surface area contributed by atoms with E-state index >= 15 is 0 Å². The van der Waals surface area contributed by atoms with Gasteiger partial charge in [-0.1, -0.05) is 79.4 Å². The fourth-order valence-corrected chi connectivity index (χ4v) is 3.28. The summed E-state index contributed by atoms with van der Waals surface area (Å²) < 4.78 is 11.5. The molecule has 1 aromatic carbocycles. The molecule has 1 rings (SSSR count). The van der Waals surface area contributed by atoms with E-state index in [4.69, 9.17) is 9.47 Å². The Kier molecular flexibility index (Phi) is 10.1. The molecule has 0 radical (unpaired) electrons. The van der Waals surface area contributed by atoms with Gasteiger partial charge >= 0.3 is 11.9 Å². The summed E-state index contributed by atoms with van der Waals surface area (Å²) in [5.41, 5.74) is 0.274. The lowest BCUT2D eigenvalue weighted by Gasteiger charge is -2.32. The van der Waals surface area contributed by atoms with E-state index in [1.54, 1.807) is 24.3 Å². The van der Waals surface area contributed by atoms with Crippen LogP contribution in [0.15, 0.2) is 24.3 Å². The molecular formula is C26H42O4. The van der Waals surface area contributed by atoms with E-state index in [0.29, 0.717) is 0 Å². The van der Waals surface area contributed by atoms with Gasteiger partial charge in [0.05, 0.1) is 11.1 Å². The number of hydrogen-bond donors (Lipinski definition) is 0. The average molecular weight is 419 g/mol. The Labute approximate surface area is 183 Å². The van der Waals surface area contributed by atoms with Crippen LogP contribution >= 0.6 is 0 Å². The van der Waals surface area contributed by atoms with E-state index in [2.05, 4.69) is 41.5 Å². The average Bonchev–Trinajstić information content (AvgIpc) is 2.70. The van der Waals surface area contributed by atoms with E-state index < -0.39 is 11.9 Å². The smallest absolute Gasteiger partial charge is 0.339 e. The summed E-state index contributed by atoms with van der Waals surface area (Å²) in [5, 5.41) is 0. The molecule has 4 heteroatoms. The van der Waals surface area contributed by atoms with Crippen molar-refractivity contribution in [3.8, 4) is 0 Å². The summed E-state index contributed by atoms with van der Waals surface area (Å²) in [4.78, 5) is 25.8. The molecule has 2 unspecified atom stereocenters.